The molecule has 0 unspecified atom stereocenters. The number of allylic oxidation sites excluding steroid dienone is 2. The molecule has 1 aromatic carbocycles. The lowest BCUT2D eigenvalue weighted by atomic mass is 9.99. The van der Waals surface area contributed by atoms with Gasteiger partial charge in [0.1, 0.15) is 0 Å². The van der Waals surface area contributed by atoms with E-state index in [1.807, 2.05) is 12.1 Å². The van der Waals surface area contributed by atoms with E-state index in [1.165, 1.54) is 16.7 Å². The zero-order chi connectivity index (χ0) is 12.4. The van der Waals surface area contributed by atoms with Gasteiger partial charge in [-0.25, -0.2) is 10.2 Å². The maximum Gasteiger partial charge on any atom is 0.332 e. The molecule has 1 aliphatic carbocycles. The third-order valence-electron chi connectivity index (χ3n) is 3.11. The molecule has 0 radical (unpaired) electrons. The van der Waals surface area contributed by atoms with Gasteiger partial charge in [0.15, 0.2) is 0 Å². The Bertz CT molecular complexity index is 517. The molecule has 0 heterocycles. The highest BCUT2D eigenvalue weighted by Gasteiger charge is 2.23. The molecule has 0 saturated heterocycles. The Labute approximate surface area is 100 Å². The number of hydrazone groups is 1. The Morgan fingerprint density at radius 1 is 1.47 bits per heavy atom. The predicted octanol–water partition coefficient (Wildman–Crippen LogP) is 2.23. The number of urea groups is 1. The smallest absolute Gasteiger partial charge is 0.332 e. The van der Waals surface area contributed by atoms with Gasteiger partial charge in [-0.1, -0.05) is 31.2 Å². The summed E-state index contributed by atoms with van der Waals surface area (Å²) in [5.74, 6) is 0.296. The van der Waals surface area contributed by atoms with E-state index in [-0.39, 0.29) is 0 Å². The van der Waals surface area contributed by atoms with Gasteiger partial charge in [0.05, 0.1) is 6.21 Å². The van der Waals surface area contributed by atoms with Gasteiger partial charge in [0.25, 0.3) is 0 Å². The number of hydrogen-bond acceptors (Lipinski definition) is 2. The molecule has 4 heteroatoms. The maximum absolute atomic E-state index is 10.5. The Kier molecular flexibility index (Phi) is 2.95. The summed E-state index contributed by atoms with van der Waals surface area (Å²) in [4.78, 5) is 10.5. The highest BCUT2D eigenvalue weighted by atomic mass is 16.2. The van der Waals surface area contributed by atoms with Crippen molar-refractivity contribution in [2.24, 2.45) is 10.8 Å². The summed E-state index contributed by atoms with van der Waals surface area (Å²) in [5.41, 5.74) is 12.0. The zero-order valence-electron chi connectivity index (χ0n) is 9.90. The number of rotatable bonds is 2. The zero-order valence-corrected chi connectivity index (χ0v) is 9.90. The van der Waals surface area contributed by atoms with Crippen molar-refractivity contribution in [2.45, 2.75) is 19.8 Å². The molecule has 1 atom stereocenters. The second-order valence-corrected chi connectivity index (χ2v) is 4.12. The van der Waals surface area contributed by atoms with Crippen LogP contribution in [-0.4, -0.2) is 12.2 Å². The van der Waals surface area contributed by atoms with Gasteiger partial charge in [-0.15, -0.1) is 0 Å². The first-order valence-electron chi connectivity index (χ1n) is 5.50. The van der Waals surface area contributed by atoms with Crippen LogP contribution in [0.1, 0.15) is 30.9 Å². The lowest BCUT2D eigenvalue weighted by Crippen LogP contribution is -2.24. The standard InChI is InChI=1S/C13H15N3O/c1-8-10-5-3-4-6-11(10)9(2)12(8)7-15-16-13(14)17/h3-8H,1-2H3,(H3,14,16,17)/b15-7+/t8-/m0/s1. The average molecular weight is 229 g/mol. The summed E-state index contributed by atoms with van der Waals surface area (Å²) in [6.07, 6.45) is 1.67. The lowest BCUT2D eigenvalue weighted by Gasteiger charge is -2.06. The van der Waals surface area contributed by atoms with Gasteiger partial charge in [0.2, 0.25) is 0 Å². The summed E-state index contributed by atoms with van der Waals surface area (Å²) in [6, 6.07) is 7.62. The van der Waals surface area contributed by atoms with Crippen LogP contribution in [0.5, 0.6) is 0 Å². The molecule has 2 rings (SSSR count). The largest absolute Gasteiger partial charge is 0.350 e. The number of hydrogen-bond donors (Lipinski definition) is 2. The van der Waals surface area contributed by atoms with Crippen LogP contribution < -0.4 is 11.2 Å². The maximum atomic E-state index is 10.5. The summed E-state index contributed by atoms with van der Waals surface area (Å²) >= 11 is 0. The highest BCUT2D eigenvalue weighted by molar-refractivity contribution is 5.96. The topological polar surface area (TPSA) is 67.5 Å². The highest BCUT2D eigenvalue weighted by Crippen LogP contribution is 2.40. The van der Waals surface area contributed by atoms with Crippen LogP contribution >= 0.6 is 0 Å². The summed E-state index contributed by atoms with van der Waals surface area (Å²) in [6.45, 7) is 4.19. The van der Waals surface area contributed by atoms with Crippen molar-refractivity contribution in [3.8, 4) is 0 Å². The molecule has 0 aromatic heterocycles. The fraction of sp³-hybridized carbons (Fsp3) is 0.231. The number of nitrogens with two attached hydrogens (primary N) is 1. The third-order valence-corrected chi connectivity index (χ3v) is 3.11. The van der Waals surface area contributed by atoms with Crippen LogP contribution in [0.2, 0.25) is 0 Å². The number of carbonyl (C=O) groups is 1. The van der Waals surface area contributed by atoms with Gasteiger partial charge >= 0.3 is 6.03 Å². The van der Waals surface area contributed by atoms with E-state index in [9.17, 15) is 4.79 Å². The summed E-state index contributed by atoms with van der Waals surface area (Å²) in [5, 5.41) is 3.83. The molecule has 0 spiro atoms. The van der Waals surface area contributed by atoms with Gasteiger partial charge in [-0.3, -0.25) is 0 Å². The minimum absolute atomic E-state index is 0.296. The van der Waals surface area contributed by atoms with Gasteiger partial charge in [-0.2, -0.15) is 5.10 Å². The lowest BCUT2D eigenvalue weighted by molar-refractivity contribution is 0.249. The molecule has 0 bridgehead atoms. The number of carbonyl (C=O) groups excluding carboxylic acids is 1. The van der Waals surface area contributed by atoms with Crippen molar-refractivity contribution in [1.82, 2.24) is 5.43 Å². The van der Waals surface area contributed by atoms with Crippen LogP contribution in [0.15, 0.2) is 34.9 Å². The van der Waals surface area contributed by atoms with Crippen molar-refractivity contribution in [1.29, 1.82) is 0 Å². The van der Waals surface area contributed by atoms with Crippen molar-refractivity contribution in [2.75, 3.05) is 0 Å². The van der Waals surface area contributed by atoms with E-state index in [4.69, 9.17) is 5.73 Å². The number of benzene rings is 1. The first-order valence-corrected chi connectivity index (χ1v) is 5.50. The number of primary amides is 1. The molecule has 88 valence electrons. The predicted molar refractivity (Wildman–Crippen MR) is 68.7 cm³/mol. The molecular weight excluding hydrogens is 214 g/mol. The van der Waals surface area contributed by atoms with Crippen molar-refractivity contribution < 1.29 is 4.79 Å². The van der Waals surface area contributed by atoms with E-state index < -0.39 is 6.03 Å². The SMILES string of the molecule is CC1=C(/C=N/NC(N)=O)[C@@H](C)c2ccccc21. The van der Waals surface area contributed by atoms with E-state index in [0.717, 1.165) is 5.57 Å². The number of nitrogens with zero attached hydrogens (tertiary/aromatic N) is 1. The van der Waals surface area contributed by atoms with E-state index in [1.54, 1.807) is 6.21 Å². The minimum atomic E-state index is -0.650. The Balaban J connectivity index is 2.29. The molecule has 0 fully saturated rings. The van der Waals surface area contributed by atoms with Crippen LogP contribution in [0, 0.1) is 0 Å². The van der Waals surface area contributed by atoms with Crippen LogP contribution in [0.4, 0.5) is 4.79 Å². The quantitative estimate of drug-likeness (QED) is 0.592. The summed E-state index contributed by atoms with van der Waals surface area (Å²) < 4.78 is 0. The van der Waals surface area contributed by atoms with Gasteiger partial charge in [-0.05, 0) is 29.2 Å². The molecule has 17 heavy (non-hydrogen) atoms. The summed E-state index contributed by atoms with van der Waals surface area (Å²) in [7, 11) is 0. The number of fused-ring (bicyclic) bond motifs is 1. The van der Waals surface area contributed by atoms with E-state index >= 15 is 0 Å². The fourth-order valence-corrected chi connectivity index (χ4v) is 2.24. The first kappa shape index (κ1) is 11.4. The number of amides is 2. The van der Waals surface area contributed by atoms with Crippen molar-refractivity contribution in [3.05, 3.63) is 41.0 Å². The van der Waals surface area contributed by atoms with Gasteiger partial charge < -0.3 is 5.73 Å². The minimum Gasteiger partial charge on any atom is -0.350 e. The molecule has 3 N–H and O–H groups in total. The van der Waals surface area contributed by atoms with Crippen LogP contribution in [0.25, 0.3) is 5.57 Å². The van der Waals surface area contributed by atoms with Crippen molar-refractivity contribution >= 4 is 17.8 Å². The Morgan fingerprint density at radius 2 is 2.18 bits per heavy atom. The monoisotopic (exact) mass is 229 g/mol. The third kappa shape index (κ3) is 2.06. The van der Waals surface area contributed by atoms with E-state index in [2.05, 4.69) is 36.5 Å². The molecular formula is C13H15N3O. The Hall–Kier alpha value is -2.10. The molecule has 0 aliphatic heterocycles. The second kappa shape index (κ2) is 4.41. The molecule has 0 saturated carbocycles. The fourth-order valence-electron chi connectivity index (χ4n) is 2.24. The van der Waals surface area contributed by atoms with Crippen molar-refractivity contribution in [3.63, 3.8) is 0 Å². The van der Waals surface area contributed by atoms with E-state index in [0.29, 0.717) is 5.92 Å². The molecule has 1 aliphatic rings. The van der Waals surface area contributed by atoms with Gasteiger partial charge in [0, 0.05) is 5.92 Å². The average Bonchev–Trinajstić information content (AvgIpc) is 2.54. The van der Waals surface area contributed by atoms with Crippen LogP contribution in [-0.2, 0) is 0 Å². The molecule has 1 aromatic rings. The number of nitrogens with one attached hydrogen (secondary N) is 1. The Morgan fingerprint density at radius 3 is 2.82 bits per heavy atom. The first-order chi connectivity index (χ1) is 8.11. The normalized spacial score (nSPS) is 18.6. The van der Waals surface area contributed by atoms with Crippen LogP contribution in [0.3, 0.4) is 0 Å². The molecule has 2 amide bonds. The second-order valence-electron chi connectivity index (χ2n) is 4.12. The molecule has 4 nitrogen and oxygen atoms in total.